The van der Waals surface area contributed by atoms with Crippen molar-refractivity contribution in [3.05, 3.63) is 27.2 Å². The van der Waals surface area contributed by atoms with Crippen molar-refractivity contribution in [2.24, 2.45) is 0 Å². The first kappa shape index (κ1) is 12.5. The molecule has 0 aliphatic carbocycles. The fourth-order valence-electron chi connectivity index (χ4n) is 0.727. The number of halogens is 3. The van der Waals surface area contributed by atoms with Crippen LogP contribution in [0.25, 0.3) is 0 Å². The Morgan fingerprint density at radius 3 is 2.29 bits per heavy atom. The van der Waals surface area contributed by atoms with Crippen molar-refractivity contribution < 1.29 is 14.3 Å². The monoisotopic (exact) mass is 292 g/mol. The molecule has 2 N–H and O–H groups in total. The van der Waals surface area contributed by atoms with E-state index in [4.69, 9.17) is 44.6 Å². The molecule has 0 amide bonds. The summed E-state index contributed by atoms with van der Waals surface area (Å²) in [5, 5.41) is 0.448. The van der Waals surface area contributed by atoms with E-state index >= 15 is 0 Å². The van der Waals surface area contributed by atoms with Crippen molar-refractivity contribution in [3.8, 4) is 5.75 Å². The van der Waals surface area contributed by atoms with Crippen molar-refractivity contribution >= 4 is 53.3 Å². The molecule has 0 spiro atoms. The zero-order chi connectivity index (χ0) is 10.9. The van der Waals surface area contributed by atoms with Gasteiger partial charge in [0.25, 0.3) is 0 Å². The van der Waals surface area contributed by atoms with Gasteiger partial charge in [-0.3, -0.25) is 0 Å². The highest BCUT2D eigenvalue weighted by molar-refractivity contribution is 8.06. The molecule has 1 aromatic rings. The Morgan fingerprint density at radius 1 is 1.21 bits per heavy atom. The van der Waals surface area contributed by atoms with Gasteiger partial charge in [0, 0.05) is 22.9 Å². The molecule has 0 unspecified atom stereocenters. The Morgan fingerprint density at radius 2 is 1.79 bits per heavy atom. The van der Waals surface area contributed by atoms with E-state index in [0.717, 1.165) is 0 Å². The minimum absolute atomic E-state index is 0.0355. The van der Waals surface area contributed by atoms with Gasteiger partial charge in [0.15, 0.2) is 5.75 Å². The summed E-state index contributed by atoms with van der Waals surface area (Å²) in [4.78, 5) is 17.8. The van der Waals surface area contributed by atoms with Gasteiger partial charge in [0.2, 0.25) is 0 Å². The van der Waals surface area contributed by atoms with Crippen LogP contribution in [-0.2, 0) is 11.8 Å². The van der Waals surface area contributed by atoms with E-state index in [1.54, 1.807) is 0 Å². The van der Waals surface area contributed by atoms with E-state index in [0.29, 0.717) is 0 Å². The van der Waals surface area contributed by atoms with E-state index in [1.165, 1.54) is 12.1 Å². The normalized spacial score (nSPS) is 11.5. The van der Waals surface area contributed by atoms with Gasteiger partial charge in [0.1, 0.15) is 5.02 Å². The molecule has 14 heavy (non-hydrogen) atoms. The second-order valence-corrected chi connectivity index (χ2v) is 6.09. The van der Waals surface area contributed by atoms with Crippen molar-refractivity contribution in [3.63, 3.8) is 0 Å². The van der Waals surface area contributed by atoms with E-state index in [2.05, 4.69) is 16.3 Å². The molecule has 0 saturated carbocycles. The molecule has 0 aromatic heterocycles. The standard InChI is InChI=1S/C6H4Cl3O3PS/c7-3-1-4(8)6(9)5(2-3)12-13(10,11)14/h1-2H,(H2,10,11,14). The number of hydrogen-bond donors (Lipinski definition) is 2. The average molecular weight is 293 g/mol. The van der Waals surface area contributed by atoms with Crippen LogP contribution in [0, 0.1) is 0 Å². The lowest BCUT2D eigenvalue weighted by Crippen LogP contribution is -1.91. The number of hydrogen-bond acceptors (Lipinski definition) is 2. The van der Waals surface area contributed by atoms with Gasteiger partial charge in [-0.2, -0.15) is 0 Å². The minimum atomic E-state index is -3.82. The van der Waals surface area contributed by atoms with Crippen molar-refractivity contribution in [2.75, 3.05) is 0 Å². The summed E-state index contributed by atoms with van der Waals surface area (Å²) in [5.74, 6) is -0.0440. The van der Waals surface area contributed by atoms with Gasteiger partial charge in [-0.15, -0.1) is 0 Å². The molecule has 0 saturated heterocycles. The highest BCUT2D eigenvalue weighted by Gasteiger charge is 2.15. The Bertz CT molecular complexity index is 406. The molecule has 0 aliphatic heterocycles. The van der Waals surface area contributed by atoms with Gasteiger partial charge < -0.3 is 14.3 Å². The molecule has 78 valence electrons. The molecular weight excluding hydrogens is 289 g/mol. The predicted octanol–water partition coefficient (Wildman–Crippen LogP) is 3.23. The average Bonchev–Trinajstić information content (AvgIpc) is 1.96. The number of benzene rings is 1. The fourth-order valence-corrected chi connectivity index (χ4v) is 2.04. The first-order valence-corrected chi connectivity index (χ1v) is 6.95. The lowest BCUT2D eigenvalue weighted by atomic mass is 10.3. The lowest BCUT2D eigenvalue weighted by molar-refractivity contribution is 0.371. The zero-order valence-corrected chi connectivity index (χ0v) is 10.4. The third-order valence-electron chi connectivity index (χ3n) is 1.18. The maximum Gasteiger partial charge on any atom is 0.375 e. The van der Waals surface area contributed by atoms with Gasteiger partial charge in [0.05, 0.1) is 5.02 Å². The molecule has 8 heteroatoms. The molecule has 1 rings (SSSR count). The van der Waals surface area contributed by atoms with Crippen LogP contribution in [0.3, 0.4) is 0 Å². The molecule has 0 radical (unpaired) electrons. The smallest absolute Gasteiger partial charge is 0.375 e. The maximum absolute atomic E-state index is 8.89. The topological polar surface area (TPSA) is 49.7 Å². The summed E-state index contributed by atoms with van der Waals surface area (Å²) < 4.78 is 4.63. The van der Waals surface area contributed by atoms with E-state index in [1.807, 2.05) is 0 Å². The first-order valence-electron chi connectivity index (χ1n) is 3.19. The van der Waals surface area contributed by atoms with Crippen molar-refractivity contribution in [1.29, 1.82) is 0 Å². The van der Waals surface area contributed by atoms with Crippen LogP contribution in [0.15, 0.2) is 12.1 Å². The Balaban J connectivity index is 3.15. The van der Waals surface area contributed by atoms with Crippen LogP contribution in [0.5, 0.6) is 5.75 Å². The first-order chi connectivity index (χ1) is 6.29. The SMILES string of the molecule is OP(O)(=S)Oc1cc(Cl)cc(Cl)c1Cl. The molecule has 1 aromatic carbocycles. The molecule has 0 fully saturated rings. The van der Waals surface area contributed by atoms with Crippen LogP contribution in [0.1, 0.15) is 0 Å². The molecular formula is C6H4Cl3O3PS. The maximum atomic E-state index is 8.89. The van der Waals surface area contributed by atoms with Crippen LogP contribution >= 0.6 is 41.5 Å². The highest BCUT2D eigenvalue weighted by Crippen LogP contribution is 2.44. The quantitative estimate of drug-likeness (QED) is 0.649. The van der Waals surface area contributed by atoms with E-state index in [-0.39, 0.29) is 20.8 Å². The van der Waals surface area contributed by atoms with Gasteiger partial charge in [-0.25, -0.2) is 0 Å². The molecule has 0 aliphatic rings. The number of rotatable bonds is 2. The molecule has 0 heterocycles. The van der Waals surface area contributed by atoms with Gasteiger partial charge in [-0.1, -0.05) is 34.8 Å². The lowest BCUT2D eigenvalue weighted by Gasteiger charge is -2.12. The van der Waals surface area contributed by atoms with Gasteiger partial charge in [-0.05, 0) is 6.07 Å². The van der Waals surface area contributed by atoms with Crippen LogP contribution in [0.4, 0.5) is 0 Å². The highest BCUT2D eigenvalue weighted by atomic mass is 35.5. The van der Waals surface area contributed by atoms with Gasteiger partial charge >= 0.3 is 6.72 Å². The second kappa shape index (κ2) is 4.54. The summed E-state index contributed by atoms with van der Waals surface area (Å²) >= 11 is 21.3. The fraction of sp³-hybridized carbons (Fsp3) is 0. The predicted molar refractivity (Wildman–Crippen MR) is 60.8 cm³/mol. The Kier molecular flexibility index (Phi) is 4.06. The van der Waals surface area contributed by atoms with Crippen molar-refractivity contribution in [2.45, 2.75) is 0 Å². The minimum Gasteiger partial charge on any atom is -0.423 e. The third kappa shape index (κ3) is 3.55. The van der Waals surface area contributed by atoms with E-state index in [9.17, 15) is 0 Å². The van der Waals surface area contributed by atoms with Crippen LogP contribution in [-0.4, -0.2) is 9.79 Å². The summed E-state index contributed by atoms with van der Waals surface area (Å²) in [5.41, 5.74) is 0. The van der Waals surface area contributed by atoms with E-state index < -0.39 is 6.72 Å². The Hall–Kier alpha value is 0.460. The summed E-state index contributed by atoms with van der Waals surface area (Å²) in [6.07, 6.45) is 0. The molecule has 0 atom stereocenters. The summed E-state index contributed by atoms with van der Waals surface area (Å²) in [7, 11) is 0. The third-order valence-corrected chi connectivity index (χ3v) is 2.84. The molecule has 0 bridgehead atoms. The summed E-state index contributed by atoms with van der Waals surface area (Å²) in [6, 6.07) is 2.69. The largest absolute Gasteiger partial charge is 0.423 e. The van der Waals surface area contributed by atoms with Crippen molar-refractivity contribution in [1.82, 2.24) is 0 Å². The zero-order valence-electron chi connectivity index (χ0n) is 6.45. The Labute approximate surface area is 100 Å². The van der Waals surface area contributed by atoms with Crippen LogP contribution in [0.2, 0.25) is 15.1 Å². The summed E-state index contributed by atoms with van der Waals surface area (Å²) in [6.45, 7) is -3.82. The second-order valence-electron chi connectivity index (χ2n) is 2.28. The molecule has 3 nitrogen and oxygen atoms in total. The van der Waals surface area contributed by atoms with Crippen LogP contribution < -0.4 is 4.52 Å².